The van der Waals surface area contributed by atoms with Gasteiger partial charge in [-0.2, -0.15) is 0 Å². The minimum Gasteiger partial charge on any atom is -0.493 e. The van der Waals surface area contributed by atoms with Crippen molar-refractivity contribution in [2.75, 3.05) is 26.9 Å². The minimum atomic E-state index is -1.32. The number of nitrogens with one attached hydrogen (secondary N) is 1. The number of nitrogens with zero attached hydrogens (tertiary/aromatic N) is 2. The van der Waals surface area contributed by atoms with Gasteiger partial charge in [0.1, 0.15) is 23.7 Å². The molecule has 0 aromatic heterocycles. The number of carbonyl (C=O) groups is 2. The zero-order valence-electron chi connectivity index (χ0n) is 23.5. The molecule has 214 valence electrons. The summed E-state index contributed by atoms with van der Waals surface area (Å²) in [6, 6.07) is 11.3. The van der Waals surface area contributed by atoms with Gasteiger partial charge in [-0.05, 0) is 44.0 Å². The predicted octanol–water partition coefficient (Wildman–Crippen LogP) is 3.10. The van der Waals surface area contributed by atoms with E-state index in [0.29, 0.717) is 54.2 Å². The molecule has 10 heteroatoms. The fourth-order valence-corrected chi connectivity index (χ4v) is 6.02. The maximum absolute atomic E-state index is 13.6. The van der Waals surface area contributed by atoms with E-state index in [9.17, 15) is 14.7 Å². The lowest BCUT2D eigenvalue weighted by atomic mass is 9.84. The van der Waals surface area contributed by atoms with E-state index in [1.165, 1.54) is 0 Å². The second kappa shape index (κ2) is 10.7. The van der Waals surface area contributed by atoms with Crippen molar-refractivity contribution in [3.8, 4) is 11.5 Å². The molecule has 0 saturated carbocycles. The number of guanidine groups is 1. The van der Waals surface area contributed by atoms with Gasteiger partial charge < -0.3 is 30.4 Å². The molecule has 0 aliphatic carbocycles. The number of rotatable bonds is 7. The number of carbonyl (C=O) groups excluding carboxylic acids is 2. The lowest BCUT2D eigenvalue weighted by Crippen LogP contribution is -2.55. The van der Waals surface area contributed by atoms with Crippen LogP contribution < -0.4 is 20.5 Å². The van der Waals surface area contributed by atoms with Crippen molar-refractivity contribution in [2.24, 2.45) is 16.6 Å². The number of methoxy groups -OCH3 is 1. The first-order valence-electron chi connectivity index (χ1n) is 13.8. The van der Waals surface area contributed by atoms with Crippen LogP contribution in [-0.2, 0) is 9.53 Å². The zero-order valence-corrected chi connectivity index (χ0v) is 23.5. The molecule has 4 atom stereocenters. The van der Waals surface area contributed by atoms with Crippen molar-refractivity contribution in [1.29, 1.82) is 0 Å². The number of amides is 2. The smallest absolute Gasteiger partial charge is 0.251 e. The van der Waals surface area contributed by atoms with Crippen molar-refractivity contribution in [3.63, 3.8) is 0 Å². The molecule has 3 aliphatic rings. The second-order valence-corrected chi connectivity index (χ2v) is 11.2. The number of para-hydroxylation sites is 1. The number of aliphatic imine (C=N–C) groups is 1. The van der Waals surface area contributed by atoms with E-state index < -0.39 is 23.2 Å². The summed E-state index contributed by atoms with van der Waals surface area (Å²) in [6.45, 7) is 6.35. The van der Waals surface area contributed by atoms with E-state index >= 15 is 0 Å². The molecule has 2 aromatic carbocycles. The van der Waals surface area contributed by atoms with Crippen molar-refractivity contribution < 1.29 is 28.9 Å². The monoisotopic (exact) mass is 550 g/mol. The van der Waals surface area contributed by atoms with Crippen LogP contribution in [0.5, 0.6) is 11.5 Å². The number of nitrogens with two attached hydrogens (primary N) is 1. The molecule has 0 bridgehead atoms. The molecule has 0 radical (unpaired) electrons. The quantitative estimate of drug-likeness (QED) is 0.482. The molecular weight excluding hydrogens is 512 g/mol. The van der Waals surface area contributed by atoms with Crippen LogP contribution >= 0.6 is 0 Å². The maximum atomic E-state index is 13.6. The molecule has 5 rings (SSSR count). The molecule has 4 N–H and O–H groups in total. The Balaban J connectivity index is 1.51. The lowest BCUT2D eigenvalue weighted by Gasteiger charge is -2.44. The third-order valence-electron chi connectivity index (χ3n) is 8.46. The van der Waals surface area contributed by atoms with Crippen LogP contribution in [0.15, 0.2) is 47.5 Å². The van der Waals surface area contributed by atoms with Gasteiger partial charge in [0.15, 0.2) is 5.96 Å². The topological polar surface area (TPSA) is 136 Å². The number of hydrogen-bond acceptors (Lipinski definition) is 8. The fourth-order valence-electron chi connectivity index (χ4n) is 6.02. The Morgan fingerprint density at radius 1 is 1.18 bits per heavy atom. The van der Waals surface area contributed by atoms with Crippen LogP contribution in [-0.4, -0.2) is 65.9 Å². The third kappa shape index (κ3) is 4.90. The summed E-state index contributed by atoms with van der Waals surface area (Å²) in [5.41, 5.74) is 6.39. The highest BCUT2D eigenvalue weighted by Crippen LogP contribution is 2.43. The number of fused-ring (bicyclic) bond motifs is 2. The molecule has 10 nitrogen and oxygen atoms in total. The molecule has 40 heavy (non-hydrogen) atoms. The first kappa shape index (κ1) is 27.9. The molecular formula is C30H38N4O6. The van der Waals surface area contributed by atoms with Crippen LogP contribution in [0.1, 0.15) is 73.6 Å². The summed E-state index contributed by atoms with van der Waals surface area (Å²) >= 11 is 0. The Morgan fingerprint density at radius 3 is 2.60 bits per heavy atom. The maximum Gasteiger partial charge on any atom is 0.251 e. The zero-order chi connectivity index (χ0) is 28.7. The summed E-state index contributed by atoms with van der Waals surface area (Å²) in [5.74, 6) is 0.644. The Hall–Kier alpha value is -3.63. The standard InChI is InChI=1S/C30H38N4O6/c1-5-30(6-2)14-24(35)34(28(31)33-30)25-19(15-38-4)16-39-23-12-11-18(13-21(23)25)27(36)32-26-20-9-7-8-10-22(20)40-17-29(26,3)37/h7-13,19,25-26,37H,5-6,14-17H2,1-4H3,(H2,31,33)(H,32,36)/t19-,25-,26-,29-/m1/s1. The van der Waals surface area contributed by atoms with Crippen LogP contribution in [0.2, 0.25) is 0 Å². The minimum absolute atomic E-state index is 0.0421. The first-order chi connectivity index (χ1) is 19.1. The van der Waals surface area contributed by atoms with Crippen LogP contribution in [0, 0.1) is 5.92 Å². The van der Waals surface area contributed by atoms with Gasteiger partial charge in [-0.1, -0.05) is 32.0 Å². The van der Waals surface area contributed by atoms with E-state index in [1.54, 1.807) is 37.1 Å². The van der Waals surface area contributed by atoms with Gasteiger partial charge >= 0.3 is 0 Å². The summed E-state index contributed by atoms with van der Waals surface area (Å²) < 4.78 is 17.2. The van der Waals surface area contributed by atoms with Gasteiger partial charge in [-0.3, -0.25) is 14.5 Å². The predicted molar refractivity (Wildman–Crippen MR) is 149 cm³/mol. The van der Waals surface area contributed by atoms with Gasteiger partial charge in [0.05, 0.1) is 37.3 Å². The van der Waals surface area contributed by atoms with E-state index in [-0.39, 0.29) is 36.7 Å². The van der Waals surface area contributed by atoms with Crippen molar-refractivity contribution >= 4 is 17.8 Å². The highest BCUT2D eigenvalue weighted by molar-refractivity contribution is 6.00. The van der Waals surface area contributed by atoms with Gasteiger partial charge in [-0.15, -0.1) is 0 Å². The lowest BCUT2D eigenvalue weighted by molar-refractivity contribution is -0.133. The van der Waals surface area contributed by atoms with Crippen LogP contribution in [0.4, 0.5) is 0 Å². The fraction of sp³-hybridized carbons (Fsp3) is 0.500. The van der Waals surface area contributed by atoms with Crippen LogP contribution in [0.3, 0.4) is 0 Å². The summed E-state index contributed by atoms with van der Waals surface area (Å²) in [7, 11) is 1.60. The van der Waals surface area contributed by atoms with E-state index in [2.05, 4.69) is 5.32 Å². The molecule has 0 unspecified atom stereocenters. The van der Waals surface area contributed by atoms with Crippen molar-refractivity contribution in [3.05, 3.63) is 59.2 Å². The van der Waals surface area contributed by atoms with Gasteiger partial charge in [0, 0.05) is 29.7 Å². The largest absolute Gasteiger partial charge is 0.493 e. The van der Waals surface area contributed by atoms with Gasteiger partial charge in [0.25, 0.3) is 5.91 Å². The Bertz CT molecular complexity index is 1320. The van der Waals surface area contributed by atoms with Gasteiger partial charge in [0.2, 0.25) is 5.91 Å². The third-order valence-corrected chi connectivity index (χ3v) is 8.46. The summed E-state index contributed by atoms with van der Waals surface area (Å²) in [4.78, 5) is 33.6. The number of aliphatic hydroxyl groups is 1. The molecule has 0 fully saturated rings. The second-order valence-electron chi connectivity index (χ2n) is 11.2. The number of benzene rings is 2. The average molecular weight is 551 g/mol. The highest BCUT2D eigenvalue weighted by Gasteiger charge is 2.45. The first-order valence-corrected chi connectivity index (χ1v) is 13.8. The Morgan fingerprint density at radius 2 is 1.90 bits per heavy atom. The summed E-state index contributed by atoms with van der Waals surface area (Å²) in [5, 5.41) is 14.1. The molecule has 2 aromatic rings. The molecule has 2 amide bonds. The highest BCUT2D eigenvalue weighted by atomic mass is 16.5. The average Bonchev–Trinajstić information content (AvgIpc) is 2.94. The Labute approximate surface area is 234 Å². The SMILES string of the molecule is CCC1(CC)CC(=O)N([C@H]2c3cc(C(=O)N[C@@H]4c5ccccc5OC[C@@]4(C)O)ccc3OC[C@H]2COC)C(N)=N1. The van der Waals surface area contributed by atoms with E-state index in [1.807, 2.05) is 38.1 Å². The molecule has 3 aliphatic heterocycles. The normalized spacial score (nSPS) is 27.0. The van der Waals surface area contributed by atoms with Gasteiger partial charge in [-0.25, -0.2) is 4.99 Å². The van der Waals surface area contributed by atoms with Crippen molar-refractivity contribution in [2.45, 2.75) is 63.3 Å². The number of ether oxygens (including phenoxy) is 3. The van der Waals surface area contributed by atoms with Crippen LogP contribution in [0.25, 0.3) is 0 Å². The van der Waals surface area contributed by atoms with E-state index in [4.69, 9.17) is 24.9 Å². The Kier molecular flexibility index (Phi) is 7.50. The molecule has 3 heterocycles. The molecule has 0 saturated heterocycles. The van der Waals surface area contributed by atoms with E-state index in [0.717, 1.165) is 0 Å². The van der Waals surface area contributed by atoms with Crippen molar-refractivity contribution in [1.82, 2.24) is 10.2 Å². The number of hydrogen-bond donors (Lipinski definition) is 3. The summed E-state index contributed by atoms with van der Waals surface area (Å²) in [6.07, 6.45) is 1.67. The molecule has 0 spiro atoms.